The number of amides is 1. The van der Waals surface area contributed by atoms with Crippen LogP contribution in [0.3, 0.4) is 0 Å². The van der Waals surface area contributed by atoms with E-state index in [2.05, 4.69) is 66.3 Å². The zero-order valence-electron chi connectivity index (χ0n) is 18.9. The fourth-order valence-electron chi connectivity index (χ4n) is 5.15. The Balaban J connectivity index is 1.41. The van der Waals surface area contributed by atoms with E-state index in [1.165, 1.54) is 24.1 Å². The second-order valence-corrected chi connectivity index (χ2v) is 10.3. The van der Waals surface area contributed by atoms with Crippen LogP contribution in [0.15, 0.2) is 36.7 Å². The van der Waals surface area contributed by atoms with E-state index in [9.17, 15) is 4.79 Å². The highest BCUT2D eigenvalue weighted by Crippen LogP contribution is 2.43. The maximum Gasteiger partial charge on any atom is 0.220 e. The van der Waals surface area contributed by atoms with Gasteiger partial charge in [-0.3, -0.25) is 4.79 Å². The Kier molecular flexibility index (Phi) is 4.29. The van der Waals surface area contributed by atoms with Crippen molar-refractivity contribution in [2.24, 2.45) is 5.92 Å². The first-order valence-corrected chi connectivity index (χ1v) is 11.7. The number of carbonyl (C=O) groups is 1. The van der Waals surface area contributed by atoms with Crippen LogP contribution in [-0.4, -0.2) is 34.7 Å². The Labute approximate surface area is 188 Å². The minimum atomic E-state index is -0.0579. The van der Waals surface area contributed by atoms with E-state index >= 15 is 0 Å². The molecular formula is C26H30N4O2. The van der Waals surface area contributed by atoms with Crippen molar-refractivity contribution in [3.8, 4) is 16.9 Å². The van der Waals surface area contributed by atoms with E-state index in [0.29, 0.717) is 19.0 Å². The predicted octanol–water partition coefficient (Wildman–Crippen LogP) is 4.64. The fourth-order valence-corrected chi connectivity index (χ4v) is 5.15. The van der Waals surface area contributed by atoms with Crippen molar-refractivity contribution < 1.29 is 9.53 Å². The van der Waals surface area contributed by atoms with Gasteiger partial charge in [0, 0.05) is 42.6 Å². The Bertz CT molecular complexity index is 1220. The average Bonchev–Trinajstić information content (AvgIpc) is 3.23. The number of hydrogen-bond acceptors (Lipinski definition) is 4. The molecule has 3 aliphatic rings. The molecule has 2 aliphatic heterocycles. The average molecular weight is 431 g/mol. The van der Waals surface area contributed by atoms with Crippen molar-refractivity contribution in [3.05, 3.63) is 42.2 Å². The summed E-state index contributed by atoms with van der Waals surface area (Å²) in [5, 5.41) is 6.50. The van der Waals surface area contributed by atoms with Gasteiger partial charge in [0.2, 0.25) is 5.91 Å². The van der Waals surface area contributed by atoms with Gasteiger partial charge in [-0.25, -0.2) is 4.98 Å². The maximum absolute atomic E-state index is 11.7. The first-order valence-electron chi connectivity index (χ1n) is 11.7. The van der Waals surface area contributed by atoms with Crippen molar-refractivity contribution >= 4 is 22.6 Å². The summed E-state index contributed by atoms with van der Waals surface area (Å²) in [7, 11) is 0. The Morgan fingerprint density at radius 3 is 2.75 bits per heavy atom. The highest BCUT2D eigenvalue weighted by molar-refractivity contribution is 5.89. The molecule has 2 fully saturated rings. The van der Waals surface area contributed by atoms with Crippen LogP contribution in [0.5, 0.6) is 5.75 Å². The molecule has 2 atom stereocenters. The lowest BCUT2D eigenvalue weighted by atomic mass is 9.86. The second kappa shape index (κ2) is 6.99. The van der Waals surface area contributed by atoms with Gasteiger partial charge in [0.1, 0.15) is 17.4 Å². The van der Waals surface area contributed by atoms with Gasteiger partial charge < -0.3 is 19.9 Å². The van der Waals surface area contributed by atoms with Crippen molar-refractivity contribution in [1.82, 2.24) is 14.9 Å². The highest BCUT2D eigenvalue weighted by atomic mass is 16.5. The summed E-state index contributed by atoms with van der Waals surface area (Å²) in [5.74, 6) is 1.16. The number of ether oxygens (including phenoxy) is 1. The zero-order chi connectivity index (χ0) is 22.0. The van der Waals surface area contributed by atoms with Crippen LogP contribution in [-0.2, 0) is 10.2 Å². The van der Waals surface area contributed by atoms with Crippen molar-refractivity contribution in [3.63, 3.8) is 0 Å². The summed E-state index contributed by atoms with van der Waals surface area (Å²) >= 11 is 0. The maximum atomic E-state index is 11.7. The van der Waals surface area contributed by atoms with Crippen LogP contribution in [0.1, 0.15) is 51.6 Å². The molecule has 0 spiro atoms. The van der Waals surface area contributed by atoms with Crippen LogP contribution in [0.2, 0.25) is 0 Å². The number of anilines is 1. The molecule has 6 rings (SSSR count). The summed E-state index contributed by atoms with van der Waals surface area (Å²) in [4.78, 5) is 16.5. The van der Waals surface area contributed by atoms with Crippen LogP contribution in [0.25, 0.3) is 22.2 Å². The van der Waals surface area contributed by atoms with Crippen molar-refractivity contribution in [2.45, 2.75) is 57.6 Å². The van der Waals surface area contributed by atoms with E-state index in [1.807, 2.05) is 6.33 Å². The molecule has 1 aromatic heterocycles. The van der Waals surface area contributed by atoms with Gasteiger partial charge in [-0.05, 0) is 54.7 Å². The first-order chi connectivity index (χ1) is 15.4. The molecule has 3 heterocycles. The van der Waals surface area contributed by atoms with Gasteiger partial charge in [0.15, 0.2) is 0 Å². The molecular weight excluding hydrogens is 400 g/mol. The molecule has 6 nitrogen and oxygen atoms in total. The second-order valence-electron chi connectivity index (χ2n) is 10.3. The zero-order valence-corrected chi connectivity index (χ0v) is 18.9. The summed E-state index contributed by atoms with van der Waals surface area (Å²) in [6.45, 7) is 8.26. The summed E-state index contributed by atoms with van der Waals surface area (Å²) in [6.07, 6.45) is 4.80. The summed E-state index contributed by atoms with van der Waals surface area (Å²) in [6, 6.07) is 11.6. The molecule has 2 aromatic carbocycles. The number of nitrogens with one attached hydrogen (secondary N) is 2. The molecule has 0 radical (unpaired) electrons. The molecule has 0 bridgehead atoms. The number of carbonyl (C=O) groups excluding carboxylic acids is 1. The van der Waals surface area contributed by atoms with Gasteiger partial charge in [-0.1, -0.05) is 26.0 Å². The van der Waals surface area contributed by atoms with Crippen LogP contribution in [0.4, 0.5) is 5.69 Å². The number of rotatable bonds is 5. The molecule has 3 aromatic rings. The molecule has 1 aliphatic carbocycles. The Morgan fingerprint density at radius 2 is 2.00 bits per heavy atom. The quantitative estimate of drug-likeness (QED) is 0.619. The number of aromatic nitrogens is 2. The van der Waals surface area contributed by atoms with Crippen LogP contribution < -0.4 is 15.4 Å². The van der Waals surface area contributed by atoms with Gasteiger partial charge in [0.25, 0.3) is 0 Å². The molecule has 1 saturated carbocycles. The minimum Gasteiger partial charge on any atom is -0.488 e. The van der Waals surface area contributed by atoms with E-state index in [-0.39, 0.29) is 23.3 Å². The molecule has 166 valence electrons. The van der Waals surface area contributed by atoms with Gasteiger partial charge in [0.05, 0.1) is 11.8 Å². The van der Waals surface area contributed by atoms with Crippen molar-refractivity contribution in [2.75, 3.05) is 18.4 Å². The number of hydrogen-bond donors (Lipinski definition) is 2. The Morgan fingerprint density at radius 1 is 1.16 bits per heavy atom. The lowest BCUT2D eigenvalue weighted by molar-refractivity contribution is -0.119. The summed E-state index contributed by atoms with van der Waals surface area (Å²) < 4.78 is 8.83. The predicted molar refractivity (Wildman–Crippen MR) is 126 cm³/mol. The lowest BCUT2D eigenvalue weighted by Gasteiger charge is -2.21. The Hall–Kier alpha value is -3.02. The number of imidazole rings is 1. The van der Waals surface area contributed by atoms with Crippen LogP contribution >= 0.6 is 0 Å². The van der Waals surface area contributed by atoms with E-state index in [0.717, 1.165) is 34.5 Å². The summed E-state index contributed by atoms with van der Waals surface area (Å²) in [5.41, 5.74) is 7.03. The first kappa shape index (κ1) is 19.6. The van der Waals surface area contributed by atoms with Gasteiger partial charge >= 0.3 is 0 Å². The molecule has 32 heavy (non-hydrogen) atoms. The lowest BCUT2D eigenvalue weighted by Crippen LogP contribution is -2.25. The smallest absolute Gasteiger partial charge is 0.220 e. The third-order valence-electron chi connectivity index (χ3n) is 7.36. The fraction of sp³-hybridized carbons (Fsp3) is 0.462. The topological polar surface area (TPSA) is 68.2 Å². The molecule has 1 amide bonds. The third kappa shape index (κ3) is 3.24. The van der Waals surface area contributed by atoms with E-state index in [1.54, 1.807) is 0 Å². The monoisotopic (exact) mass is 430 g/mol. The van der Waals surface area contributed by atoms with Crippen LogP contribution in [0, 0.1) is 5.92 Å². The SMILES string of the molecule is CC(Oc1cc(-c2ccc3c(c2)NCC3(C)C)cc2ncn(C3CC3)c12)[C@H]1CNC(=O)C1. The van der Waals surface area contributed by atoms with E-state index < -0.39 is 0 Å². The molecule has 1 saturated heterocycles. The highest BCUT2D eigenvalue weighted by Gasteiger charge is 2.32. The molecule has 6 heteroatoms. The standard InChI is InChI=1S/C26H30N4O2/c1-15(18-11-24(31)27-12-18)32-23-10-17(9-22-25(23)30(14-29-22)19-5-6-19)16-4-7-20-21(8-16)28-13-26(20,2)3/h4,7-10,14-15,18-19,28H,5-6,11-13H2,1-3H3,(H,27,31)/t15?,18-/m1/s1. The number of benzene rings is 2. The largest absolute Gasteiger partial charge is 0.488 e. The third-order valence-corrected chi connectivity index (χ3v) is 7.36. The van der Waals surface area contributed by atoms with E-state index in [4.69, 9.17) is 9.72 Å². The number of fused-ring (bicyclic) bond motifs is 2. The van der Waals surface area contributed by atoms with Gasteiger partial charge in [-0.2, -0.15) is 0 Å². The molecule has 1 unspecified atom stereocenters. The van der Waals surface area contributed by atoms with Gasteiger partial charge in [-0.15, -0.1) is 0 Å². The number of nitrogens with zero attached hydrogens (tertiary/aromatic N) is 2. The van der Waals surface area contributed by atoms with Crippen molar-refractivity contribution in [1.29, 1.82) is 0 Å². The molecule has 2 N–H and O–H groups in total. The normalized spacial score (nSPS) is 22.5. The minimum absolute atomic E-state index is 0.0579.